The van der Waals surface area contributed by atoms with Crippen LogP contribution in [0.1, 0.15) is 18.6 Å². The number of nitrogens with one attached hydrogen (secondary N) is 1. The molecule has 0 bridgehead atoms. The van der Waals surface area contributed by atoms with Crippen LogP contribution in [0.25, 0.3) is 0 Å². The molecule has 4 heteroatoms. The first-order valence-electron chi connectivity index (χ1n) is 4.07. The zero-order chi connectivity index (χ0) is 9.68. The molecule has 0 aromatic carbocycles. The Labute approximate surface area is 81.6 Å². The van der Waals surface area contributed by atoms with Crippen LogP contribution in [-0.2, 0) is 0 Å². The highest BCUT2D eigenvalue weighted by atomic mass is 32.1. The number of thiophene rings is 1. The molecule has 13 heavy (non-hydrogen) atoms. The molecule has 2 atom stereocenters. The lowest BCUT2D eigenvalue weighted by Crippen LogP contribution is -2.28. The summed E-state index contributed by atoms with van der Waals surface area (Å²) in [5, 5.41) is 24.8. The molecule has 0 aliphatic rings. The molecule has 1 rings (SSSR count). The summed E-state index contributed by atoms with van der Waals surface area (Å²) in [5.41, 5.74) is 0.905. The van der Waals surface area contributed by atoms with Crippen LogP contribution in [0.2, 0.25) is 0 Å². The molecule has 1 aromatic heterocycles. The van der Waals surface area contributed by atoms with Crippen molar-refractivity contribution >= 4 is 11.3 Å². The summed E-state index contributed by atoms with van der Waals surface area (Å²) >= 11 is 1.56. The van der Waals surface area contributed by atoms with Crippen molar-refractivity contribution in [3.63, 3.8) is 0 Å². The normalized spacial score (nSPS) is 14.8. The first kappa shape index (κ1) is 10.2. The van der Waals surface area contributed by atoms with Crippen molar-refractivity contribution in [2.45, 2.75) is 19.1 Å². The minimum Gasteiger partial charge on any atom is -0.387 e. The Kier molecular flexibility index (Phi) is 3.90. The smallest absolute Gasteiger partial charge is 0.0925 e. The lowest BCUT2D eigenvalue weighted by molar-refractivity contribution is 0.173. The van der Waals surface area contributed by atoms with Gasteiger partial charge in [-0.2, -0.15) is 16.6 Å². The topological polar surface area (TPSA) is 56.0 Å². The molecule has 0 fully saturated rings. The zero-order valence-corrected chi connectivity index (χ0v) is 8.21. The molecule has 3 nitrogen and oxygen atoms in total. The van der Waals surface area contributed by atoms with Gasteiger partial charge in [-0.05, 0) is 29.3 Å². The van der Waals surface area contributed by atoms with Crippen molar-refractivity contribution < 1.29 is 5.11 Å². The quantitative estimate of drug-likeness (QED) is 0.762. The summed E-state index contributed by atoms with van der Waals surface area (Å²) < 4.78 is 0. The zero-order valence-electron chi connectivity index (χ0n) is 7.40. The van der Waals surface area contributed by atoms with Crippen molar-refractivity contribution in [3.05, 3.63) is 22.4 Å². The number of aliphatic hydroxyl groups excluding tert-OH is 1. The van der Waals surface area contributed by atoms with Crippen LogP contribution >= 0.6 is 11.3 Å². The average molecular weight is 196 g/mol. The van der Waals surface area contributed by atoms with Gasteiger partial charge in [0.1, 0.15) is 0 Å². The predicted octanol–water partition coefficient (Wildman–Crippen LogP) is 1.28. The van der Waals surface area contributed by atoms with Gasteiger partial charge in [0.05, 0.1) is 18.2 Å². The van der Waals surface area contributed by atoms with Crippen LogP contribution in [0.5, 0.6) is 0 Å². The van der Waals surface area contributed by atoms with Gasteiger partial charge in [-0.3, -0.25) is 5.32 Å². The fraction of sp³-hybridized carbons (Fsp3) is 0.444. The molecule has 2 unspecified atom stereocenters. The Balaban J connectivity index is 2.35. The van der Waals surface area contributed by atoms with Crippen LogP contribution < -0.4 is 5.32 Å². The van der Waals surface area contributed by atoms with Crippen molar-refractivity contribution in [1.82, 2.24) is 5.32 Å². The van der Waals surface area contributed by atoms with Gasteiger partial charge in [0, 0.05) is 6.54 Å². The highest BCUT2D eigenvalue weighted by Gasteiger charge is 2.08. The summed E-state index contributed by atoms with van der Waals surface area (Å²) in [6.45, 7) is 2.19. The standard InChI is InChI=1S/C9H12N2OS/c1-7(4-10)11-5-9(12)8-2-3-13-6-8/h2-3,6-7,9,11-12H,5H2,1H3. The molecule has 0 spiro atoms. The summed E-state index contributed by atoms with van der Waals surface area (Å²) in [6.07, 6.45) is -0.512. The number of aliphatic hydroxyl groups is 1. The second-order valence-electron chi connectivity index (χ2n) is 2.83. The molecule has 0 saturated carbocycles. The monoisotopic (exact) mass is 196 g/mol. The van der Waals surface area contributed by atoms with Crippen LogP contribution in [0, 0.1) is 11.3 Å². The number of hydrogen-bond acceptors (Lipinski definition) is 4. The van der Waals surface area contributed by atoms with E-state index in [4.69, 9.17) is 5.26 Å². The Morgan fingerprint density at radius 1 is 1.77 bits per heavy atom. The maximum atomic E-state index is 9.59. The van der Waals surface area contributed by atoms with E-state index in [1.807, 2.05) is 22.9 Å². The van der Waals surface area contributed by atoms with E-state index in [0.717, 1.165) is 5.56 Å². The van der Waals surface area contributed by atoms with Gasteiger partial charge in [-0.25, -0.2) is 0 Å². The number of hydrogen-bond donors (Lipinski definition) is 2. The van der Waals surface area contributed by atoms with Gasteiger partial charge in [0.25, 0.3) is 0 Å². The fourth-order valence-electron chi connectivity index (χ4n) is 0.917. The minimum absolute atomic E-state index is 0.215. The maximum absolute atomic E-state index is 9.59. The maximum Gasteiger partial charge on any atom is 0.0925 e. The Morgan fingerprint density at radius 3 is 3.08 bits per heavy atom. The molecule has 0 radical (unpaired) electrons. The second-order valence-corrected chi connectivity index (χ2v) is 3.61. The highest BCUT2D eigenvalue weighted by Crippen LogP contribution is 2.14. The van der Waals surface area contributed by atoms with Crippen LogP contribution in [-0.4, -0.2) is 17.7 Å². The third kappa shape index (κ3) is 3.15. The third-order valence-corrected chi connectivity index (χ3v) is 2.44. The van der Waals surface area contributed by atoms with E-state index in [1.54, 1.807) is 18.3 Å². The van der Waals surface area contributed by atoms with Crippen LogP contribution in [0.15, 0.2) is 16.8 Å². The molecule has 0 saturated heterocycles. The van der Waals surface area contributed by atoms with Crippen LogP contribution in [0.4, 0.5) is 0 Å². The van der Waals surface area contributed by atoms with E-state index >= 15 is 0 Å². The molecule has 0 amide bonds. The largest absolute Gasteiger partial charge is 0.387 e. The predicted molar refractivity (Wildman–Crippen MR) is 52.4 cm³/mol. The van der Waals surface area contributed by atoms with Crippen molar-refractivity contribution in [3.8, 4) is 6.07 Å². The molecular weight excluding hydrogens is 184 g/mol. The Bertz CT molecular complexity index is 278. The van der Waals surface area contributed by atoms with Gasteiger partial charge in [-0.1, -0.05) is 0 Å². The van der Waals surface area contributed by atoms with E-state index in [2.05, 4.69) is 5.32 Å². The van der Waals surface area contributed by atoms with Gasteiger partial charge < -0.3 is 5.11 Å². The van der Waals surface area contributed by atoms with E-state index in [0.29, 0.717) is 6.54 Å². The first-order valence-corrected chi connectivity index (χ1v) is 5.01. The molecule has 2 N–H and O–H groups in total. The van der Waals surface area contributed by atoms with Crippen molar-refractivity contribution in [2.75, 3.05) is 6.54 Å². The fourth-order valence-corrected chi connectivity index (χ4v) is 1.62. The lowest BCUT2D eigenvalue weighted by Gasteiger charge is -2.11. The van der Waals surface area contributed by atoms with Gasteiger partial charge in [0.2, 0.25) is 0 Å². The first-order chi connectivity index (χ1) is 6.24. The van der Waals surface area contributed by atoms with E-state index in [1.165, 1.54) is 0 Å². The average Bonchev–Trinajstić information content (AvgIpc) is 2.66. The van der Waals surface area contributed by atoms with Crippen molar-refractivity contribution in [2.24, 2.45) is 0 Å². The Hall–Kier alpha value is -0.890. The summed E-state index contributed by atoms with van der Waals surface area (Å²) in [6, 6.07) is 3.71. The number of nitriles is 1. The van der Waals surface area contributed by atoms with Crippen molar-refractivity contribution in [1.29, 1.82) is 5.26 Å². The second kappa shape index (κ2) is 4.97. The number of nitrogens with zero attached hydrogens (tertiary/aromatic N) is 1. The SMILES string of the molecule is CC(C#N)NCC(O)c1ccsc1. The summed E-state index contributed by atoms with van der Waals surface area (Å²) in [7, 11) is 0. The molecular formula is C9H12N2OS. The molecule has 1 heterocycles. The third-order valence-electron chi connectivity index (χ3n) is 1.74. The molecule has 0 aliphatic heterocycles. The Morgan fingerprint density at radius 2 is 2.54 bits per heavy atom. The van der Waals surface area contributed by atoms with Gasteiger partial charge >= 0.3 is 0 Å². The molecule has 70 valence electrons. The number of rotatable bonds is 4. The highest BCUT2D eigenvalue weighted by molar-refractivity contribution is 7.07. The summed E-state index contributed by atoms with van der Waals surface area (Å²) in [4.78, 5) is 0. The van der Waals surface area contributed by atoms with E-state index in [9.17, 15) is 5.11 Å². The molecule has 0 aliphatic carbocycles. The van der Waals surface area contributed by atoms with Crippen LogP contribution in [0.3, 0.4) is 0 Å². The van der Waals surface area contributed by atoms with Gasteiger partial charge in [0.15, 0.2) is 0 Å². The van der Waals surface area contributed by atoms with E-state index in [-0.39, 0.29) is 6.04 Å². The molecule has 1 aromatic rings. The summed E-state index contributed by atoms with van der Waals surface area (Å²) in [5.74, 6) is 0. The van der Waals surface area contributed by atoms with E-state index < -0.39 is 6.10 Å². The van der Waals surface area contributed by atoms with Gasteiger partial charge in [-0.15, -0.1) is 0 Å². The minimum atomic E-state index is -0.512. The lowest BCUT2D eigenvalue weighted by atomic mass is 10.2.